The lowest BCUT2D eigenvalue weighted by molar-refractivity contribution is -0.118. The number of methoxy groups -OCH3 is 1. The molecule has 0 aliphatic carbocycles. The highest BCUT2D eigenvalue weighted by atomic mass is 16.5. The third kappa shape index (κ3) is 4.84. The summed E-state index contributed by atoms with van der Waals surface area (Å²) in [5, 5.41) is 2.72. The molecule has 1 amide bonds. The van der Waals surface area contributed by atoms with Gasteiger partial charge in [-0.3, -0.25) is 9.78 Å². The van der Waals surface area contributed by atoms with Gasteiger partial charge in [-0.15, -0.1) is 0 Å². The van der Waals surface area contributed by atoms with Crippen LogP contribution in [0.15, 0.2) is 79.0 Å². The van der Waals surface area contributed by atoms with E-state index in [-0.39, 0.29) is 12.5 Å². The number of hydrogen-bond donors (Lipinski definition) is 1. The first-order valence-electron chi connectivity index (χ1n) is 9.55. The van der Waals surface area contributed by atoms with E-state index in [0.717, 1.165) is 22.3 Å². The third-order valence-electron chi connectivity index (χ3n) is 4.56. The predicted octanol–water partition coefficient (Wildman–Crippen LogP) is 4.10. The molecule has 1 N–H and O–H groups in total. The van der Waals surface area contributed by atoms with E-state index in [2.05, 4.69) is 20.0 Å². The molecule has 31 heavy (non-hydrogen) atoms. The summed E-state index contributed by atoms with van der Waals surface area (Å²) < 4.78 is 10.2. The maximum Gasteiger partial charge on any atom is 0.337 e. The third-order valence-corrected chi connectivity index (χ3v) is 4.56. The maximum absolute atomic E-state index is 12.1. The van der Waals surface area contributed by atoms with Crippen molar-refractivity contribution in [1.29, 1.82) is 0 Å². The van der Waals surface area contributed by atoms with Gasteiger partial charge < -0.3 is 14.8 Å². The molecular weight excluding hydrogens is 394 g/mol. The van der Waals surface area contributed by atoms with Crippen LogP contribution in [-0.2, 0) is 9.53 Å². The molecule has 0 radical (unpaired) electrons. The summed E-state index contributed by atoms with van der Waals surface area (Å²) in [6.45, 7) is -0.145. The summed E-state index contributed by atoms with van der Waals surface area (Å²) in [6, 6.07) is 21.4. The zero-order valence-corrected chi connectivity index (χ0v) is 16.7. The van der Waals surface area contributed by atoms with E-state index in [1.807, 2.05) is 36.4 Å². The van der Waals surface area contributed by atoms with Crippen LogP contribution in [0.1, 0.15) is 10.4 Å². The quantitative estimate of drug-likeness (QED) is 0.479. The molecule has 3 aromatic carbocycles. The molecule has 0 bridgehead atoms. The number of carbonyl (C=O) groups excluding carboxylic acids is 2. The van der Waals surface area contributed by atoms with Gasteiger partial charge in [-0.25, -0.2) is 9.78 Å². The topological polar surface area (TPSA) is 90.4 Å². The SMILES string of the molecule is COC(=O)c1ccc(NC(=O)COc2ccc(-c3cnc4ccccc4n3)cc2)cc1. The first-order valence-corrected chi connectivity index (χ1v) is 9.55. The summed E-state index contributed by atoms with van der Waals surface area (Å²) in [5.41, 5.74) is 4.31. The van der Waals surface area contributed by atoms with Crippen LogP contribution in [-0.4, -0.2) is 35.6 Å². The lowest BCUT2D eigenvalue weighted by Gasteiger charge is -2.09. The number of rotatable bonds is 6. The lowest BCUT2D eigenvalue weighted by atomic mass is 10.1. The van der Waals surface area contributed by atoms with Crippen LogP contribution in [0.2, 0.25) is 0 Å². The predicted molar refractivity (Wildman–Crippen MR) is 117 cm³/mol. The molecule has 4 aromatic rings. The number of nitrogens with one attached hydrogen (secondary N) is 1. The van der Waals surface area contributed by atoms with Crippen molar-refractivity contribution in [3.05, 3.63) is 84.6 Å². The van der Waals surface area contributed by atoms with Gasteiger partial charge in [0.1, 0.15) is 5.75 Å². The fourth-order valence-electron chi connectivity index (χ4n) is 2.97. The Morgan fingerprint density at radius 3 is 2.32 bits per heavy atom. The number of aromatic nitrogens is 2. The molecule has 0 saturated heterocycles. The summed E-state index contributed by atoms with van der Waals surface area (Å²) in [4.78, 5) is 32.6. The Morgan fingerprint density at radius 2 is 1.61 bits per heavy atom. The first-order chi connectivity index (χ1) is 15.1. The van der Waals surface area contributed by atoms with Crippen molar-refractivity contribution < 1.29 is 19.1 Å². The van der Waals surface area contributed by atoms with Gasteiger partial charge in [0.05, 0.1) is 35.6 Å². The minimum absolute atomic E-state index is 0.145. The van der Waals surface area contributed by atoms with Gasteiger partial charge in [0.2, 0.25) is 0 Å². The number of hydrogen-bond acceptors (Lipinski definition) is 6. The van der Waals surface area contributed by atoms with Crippen LogP contribution in [0.5, 0.6) is 5.75 Å². The van der Waals surface area contributed by atoms with Crippen LogP contribution in [0, 0.1) is 0 Å². The molecule has 1 heterocycles. The normalized spacial score (nSPS) is 10.5. The number of fused-ring (bicyclic) bond motifs is 1. The van der Waals surface area contributed by atoms with Gasteiger partial charge in [0.15, 0.2) is 6.61 Å². The highest BCUT2D eigenvalue weighted by Gasteiger charge is 2.08. The van der Waals surface area contributed by atoms with Gasteiger partial charge in [0, 0.05) is 11.3 Å². The summed E-state index contributed by atoms with van der Waals surface area (Å²) in [7, 11) is 1.32. The Labute approximate surface area is 178 Å². The molecular formula is C24H19N3O4. The molecule has 7 nitrogen and oxygen atoms in total. The molecule has 0 saturated carbocycles. The molecule has 0 aliphatic rings. The fourth-order valence-corrected chi connectivity index (χ4v) is 2.97. The Morgan fingerprint density at radius 1 is 0.903 bits per heavy atom. The standard InChI is InChI=1S/C24H19N3O4/c1-30-24(29)17-6-10-18(11-7-17)26-23(28)15-31-19-12-8-16(9-13-19)22-14-25-20-4-2-3-5-21(20)27-22/h2-14H,15H2,1H3,(H,26,28). The molecule has 0 unspecified atom stereocenters. The van der Waals surface area contributed by atoms with Gasteiger partial charge in [-0.2, -0.15) is 0 Å². The summed E-state index contributed by atoms with van der Waals surface area (Å²) >= 11 is 0. The molecule has 7 heteroatoms. The maximum atomic E-state index is 12.1. The highest BCUT2D eigenvalue weighted by molar-refractivity contribution is 5.93. The fraction of sp³-hybridized carbons (Fsp3) is 0.0833. The Bertz CT molecular complexity index is 1220. The second-order valence-corrected chi connectivity index (χ2v) is 6.67. The molecule has 0 fully saturated rings. The highest BCUT2D eigenvalue weighted by Crippen LogP contribution is 2.22. The summed E-state index contributed by atoms with van der Waals surface area (Å²) in [6.07, 6.45) is 1.73. The van der Waals surface area contributed by atoms with Crippen LogP contribution < -0.4 is 10.1 Å². The average molecular weight is 413 g/mol. The average Bonchev–Trinajstić information content (AvgIpc) is 2.83. The lowest BCUT2D eigenvalue weighted by Crippen LogP contribution is -2.20. The number of ether oxygens (including phenoxy) is 2. The zero-order valence-electron chi connectivity index (χ0n) is 16.7. The molecule has 154 valence electrons. The van der Waals surface area contributed by atoms with Gasteiger partial charge >= 0.3 is 5.97 Å². The van der Waals surface area contributed by atoms with Gasteiger partial charge in [-0.05, 0) is 60.7 Å². The second-order valence-electron chi connectivity index (χ2n) is 6.67. The molecule has 1 aromatic heterocycles. The van der Waals surface area contributed by atoms with E-state index in [1.165, 1.54) is 7.11 Å². The van der Waals surface area contributed by atoms with Crippen molar-refractivity contribution in [2.45, 2.75) is 0 Å². The van der Waals surface area contributed by atoms with Crippen molar-refractivity contribution in [2.24, 2.45) is 0 Å². The van der Waals surface area contributed by atoms with Crippen molar-refractivity contribution >= 4 is 28.6 Å². The van der Waals surface area contributed by atoms with E-state index >= 15 is 0 Å². The Hall–Kier alpha value is -4.26. The van der Waals surface area contributed by atoms with Crippen LogP contribution in [0.3, 0.4) is 0 Å². The number of amides is 1. The molecule has 0 aliphatic heterocycles. The number of benzene rings is 3. The van der Waals surface area contributed by atoms with E-state index in [0.29, 0.717) is 17.0 Å². The van der Waals surface area contributed by atoms with Crippen LogP contribution in [0.4, 0.5) is 5.69 Å². The Kier molecular flexibility index (Phi) is 5.84. The monoisotopic (exact) mass is 413 g/mol. The molecule has 4 rings (SSSR count). The van der Waals surface area contributed by atoms with Gasteiger partial charge in [-0.1, -0.05) is 12.1 Å². The number of nitrogens with zero attached hydrogens (tertiary/aromatic N) is 2. The van der Waals surface area contributed by atoms with Crippen molar-refractivity contribution in [3.63, 3.8) is 0 Å². The second kappa shape index (κ2) is 9.04. The van der Waals surface area contributed by atoms with Crippen molar-refractivity contribution in [2.75, 3.05) is 19.0 Å². The van der Waals surface area contributed by atoms with Crippen molar-refractivity contribution in [3.8, 4) is 17.0 Å². The minimum Gasteiger partial charge on any atom is -0.484 e. The van der Waals surface area contributed by atoms with Gasteiger partial charge in [0.25, 0.3) is 5.91 Å². The largest absolute Gasteiger partial charge is 0.484 e. The van der Waals surface area contributed by atoms with E-state index in [1.54, 1.807) is 42.6 Å². The smallest absolute Gasteiger partial charge is 0.337 e. The van der Waals surface area contributed by atoms with E-state index < -0.39 is 5.97 Å². The number of para-hydroxylation sites is 2. The van der Waals surface area contributed by atoms with E-state index in [4.69, 9.17) is 4.74 Å². The zero-order chi connectivity index (χ0) is 21.6. The summed E-state index contributed by atoms with van der Waals surface area (Å²) in [5.74, 6) is -0.177. The van der Waals surface area contributed by atoms with Crippen LogP contribution >= 0.6 is 0 Å². The van der Waals surface area contributed by atoms with Crippen molar-refractivity contribution in [1.82, 2.24) is 9.97 Å². The molecule has 0 spiro atoms. The number of anilines is 1. The van der Waals surface area contributed by atoms with E-state index in [9.17, 15) is 9.59 Å². The number of esters is 1. The first kappa shape index (κ1) is 20.0. The minimum atomic E-state index is -0.431. The Balaban J connectivity index is 1.34. The van der Waals surface area contributed by atoms with Crippen LogP contribution in [0.25, 0.3) is 22.3 Å². The number of carbonyl (C=O) groups is 2. The molecule has 0 atom stereocenters.